The van der Waals surface area contributed by atoms with E-state index in [1.54, 1.807) is 6.07 Å². The molecule has 0 fully saturated rings. The van der Waals surface area contributed by atoms with Crippen LogP contribution >= 0.6 is 23.2 Å². The van der Waals surface area contributed by atoms with Gasteiger partial charge < -0.3 is 9.84 Å². The lowest BCUT2D eigenvalue weighted by molar-refractivity contribution is 0.372. The van der Waals surface area contributed by atoms with E-state index in [2.05, 4.69) is 22.4 Å². The monoisotopic (exact) mass is 299 g/mol. The van der Waals surface area contributed by atoms with Crippen molar-refractivity contribution < 1.29 is 4.52 Å². The number of rotatable bonds is 6. The van der Waals surface area contributed by atoms with Gasteiger partial charge in [-0.25, -0.2) is 0 Å². The molecule has 0 bridgehead atoms. The Morgan fingerprint density at radius 2 is 2.11 bits per heavy atom. The maximum atomic E-state index is 5.97. The quantitative estimate of drug-likeness (QED) is 0.833. The molecule has 1 aromatic carbocycles. The average molecular weight is 300 g/mol. The van der Waals surface area contributed by atoms with E-state index in [0.29, 0.717) is 28.2 Å². The van der Waals surface area contributed by atoms with Gasteiger partial charge in [-0.2, -0.15) is 4.98 Å². The van der Waals surface area contributed by atoms with Crippen molar-refractivity contribution in [2.24, 2.45) is 0 Å². The van der Waals surface area contributed by atoms with Crippen LogP contribution in [0.25, 0.3) is 0 Å². The summed E-state index contributed by atoms with van der Waals surface area (Å²) in [5, 5.41) is 8.25. The second-order valence-electron chi connectivity index (χ2n) is 4.13. The summed E-state index contributed by atoms with van der Waals surface area (Å²) in [7, 11) is 0. The van der Waals surface area contributed by atoms with Gasteiger partial charge in [-0.1, -0.05) is 41.3 Å². The molecule has 4 nitrogen and oxygen atoms in total. The van der Waals surface area contributed by atoms with Gasteiger partial charge in [0.25, 0.3) is 0 Å². The Hall–Kier alpha value is -1.10. The summed E-state index contributed by atoms with van der Waals surface area (Å²) in [5.74, 6) is 1.31. The number of halogens is 2. The van der Waals surface area contributed by atoms with Crippen molar-refractivity contribution in [1.29, 1.82) is 0 Å². The van der Waals surface area contributed by atoms with Crippen molar-refractivity contribution in [2.45, 2.75) is 19.8 Å². The second kappa shape index (κ2) is 6.89. The molecule has 1 heterocycles. The van der Waals surface area contributed by atoms with E-state index in [9.17, 15) is 0 Å². The van der Waals surface area contributed by atoms with Crippen LogP contribution in [0.4, 0.5) is 0 Å². The van der Waals surface area contributed by atoms with Gasteiger partial charge in [-0.15, -0.1) is 0 Å². The van der Waals surface area contributed by atoms with Crippen molar-refractivity contribution >= 4 is 23.2 Å². The SMILES string of the molecule is CCNCCc1nc(Cc2ccc(Cl)c(Cl)c2)no1. The standard InChI is InChI=1S/C13H15Cl2N3O/c1-2-16-6-5-13-17-12(18-19-13)8-9-3-4-10(14)11(15)7-9/h3-4,7,16H,2,5-6,8H2,1H3. The van der Waals surface area contributed by atoms with Crippen LogP contribution in [0.3, 0.4) is 0 Å². The number of benzene rings is 1. The second-order valence-corrected chi connectivity index (χ2v) is 4.95. The van der Waals surface area contributed by atoms with Crippen LogP contribution in [0, 0.1) is 0 Å². The van der Waals surface area contributed by atoms with Crippen molar-refractivity contribution in [1.82, 2.24) is 15.5 Å². The van der Waals surface area contributed by atoms with E-state index in [1.165, 1.54) is 0 Å². The number of nitrogens with one attached hydrogen (secondary N) is 1. The molecule has 2 rings (SSSR count). The van der Waals surface area contributed by atoms with E-state index in [1.807, 2.05) is 12.1 Å². The van der Waals surface area contributed by atoms with Gasteiger partial charge >= 0.3 is 0 Å². The first kappa shape index (κ1) is 14.3. The molecule has 0 saturated heterocycles. The molecule has 19 heavy (non-hydrogen) atoms. The van der Waals surface area contributed by atoms with Gasteiger partial charge in [0.2, 0.25) is 5.89 Å². The summed E-state index contributed by atoms with van der Waals surface area (Å²) in [6.07, 6.45) is 1.32. The number of likely N-dealkylation sites (N-methyl/N-ethyl adjacent to an activating group) is 1. The Morgan fingerprint density at radius 1 is 1.26 bits per heavy atom. The topological polar surface area (TPSA) is 51.0 Å². The van der Waals surface area contributed by atoms with Gasteiger partial charge in [-0.3, -0.25) is 0 Å². The molecular weight excluding hydrogens is 285 g/mol. The van der Waals surface area contributed by atoms with E-state index >= 15 is 0 Å². The lowest BCUT2D eigenvalue weighted by Gasteiger charge is -1.99. The van der Waals surface area contributed by atoms with Crippen molar-refractivity contribution in [3.05, 3.63) is 45.5 Å². The summed E-state index contributed by atoms with van der Waals surface area (Å²) in [4.78, 5) is 4.34. The molecule has 6 heteroatoms. The zero-order valence-electron chi connectivity index (χ0n) is 10.6. The predicted octanol–water partition coefficient (Wildman–Crippen LogP) is 3.12. The van der Waals surface area contributed by atoms with Crippen molar-refractivity contribution in [3.63, 3.8) is 0 Å². The minimum Gasteiger partial charge on any atom is -0.339 e. The van der Waals surface area contributed by atoms with Gasteiger partial charge in [0.15, 0.2) is 5.82 Å². The molecule has 0 unspecified atom stereocenters. The Bertz CT molecular complexity index is 542. The first-order chi connectivity index (χ1) is 9.19. The number of nitrogens with zero attached hydrogens (tertiary/aromatic N) is 2. The fourth-order valence-electron chi connectivity index (χ4n) is 1.67. The predicted molar refractivity (Wildman–Crippen MR) is 75.8 cm³/mol. The molecule has 0 aliphatic carbocycles. The van der Waals surface area contributed by atoms with Crippen LogP contribution in [0.15, 0.2) is 22.7 Å². The lowest BCUT2D eigenvalue weighted by atomic mass is 10.1. The Labute approximate surface area is 122 Å². The van der Waals surface area contributed by atoms with Crippen molar-refractivity contribution in [3.8, 4) is 0 Å². The third kappa shape index (κ3) is 4.20. The van der Waals surface area contributed by atoms with Crippen LogP contribution in [0.1, 0.15) is 24.2 Å². The lowest BCUT2D eigenvalue weighted by Crippen LogP contribution is -2.16. The van der Waals surface area contributed by atoms with Crippen LogP contribution in [-0.2, 0) is 12.8 Å². The van der Waals surface area contributed by atoms with E-state index in [0.717, 1.165) is 25.1 Å². The summed E-state index contributed by atoms with van der Waals surface area (Å²) >= 11 is 11.8. The maximum absolute atomic E-state index is 5.97. The first-order valence-corrected chi connectivity index (χ1v) is 6.90. The number of aromatic nitrogens is 2. The van der Waals surface area contributed by atoms with Gasteiger partial charge in [-0.05, 0) is 24.2 Å². The molecule has 1 N–H and O–H groups in total. The highest BCUT2D eigenvalue weighted by Gasteiger charge is 2.08. The molecule has 0 aliphatic heterocycles. The average Bonchev–Trinajstić information content (AvgIpc) is 2.82. The molecule has 1 aromatic heterocycles. The van der Waals surface area contributed by atoms with Crippen LogP contribution < -0.4 is 5.32 Å². The molecule has 0 spiro atoms. The highest BCUT2D eigenvalue weighted by atomic mass is 35.5. The normalized spacial score (nSPS) is 10.9. The molecule has 0 amide bonds. The highest BCUT2D eigenvalue weighted by Crippen LogP contribution is 2.23. The van der Waals surface area contributed by atoms with Gasteiger partial charge in [0, 0.05) is 19.4 Å². The molecular formula is C13H15Cl2N3O. The van der Waals surface area contributed by atoms with Gasteiger partial charge in [0.05, 0.1) is 10.0 Å². The maximum Gasteiger partial charge on any atom is 0.227 e. The van der Waals surface area contributed by atoms with Crippen molar-refractivity contribution in [2.75, 3.05) is 13.1 Å². The fraction of sp³-hybridized carbons (Fsp3) is 0.385. The minimum atomic E-state index is 0.537. The molecule has 2 aromatic rings. The molecule has 102 valence electrons. The van der Waals surface area contributed by atoms with Gasteiger partial charge in [0.1, 0.15) is 0 Å². The zero-order chi connectivity index (χ0) is 13.7. The first-order valence-electron chi connectivity index (χ1n) is 6.15. The Kier molecular flexibility index (Phi) is 5.19. The zero-order valence-corrected chi connectivity index (χ0v) is 12.1. The molecule has 0 radical (unpaired) electrons. The highest BCUT2D eigenvalue weighted by molar-refractivity contribution is 6.42. The third-order valence-corrected chi connectivity index (χ3v) is 3.36. The smallest absolute Gasteiger partial charge is 0.227 e. The molecule has 0 aliphatic rings. The fourth-order valence-corrected chi connectivity index (χ4v) is 1.99. The molecule has 0 atom stereocenters. The van der Waals surface area contributed by atoms with Crippen LogP contribution in [0.2, 0.25) is 10.0 Å². The number of hydrogen-bond donors (Lipinski definition) is 1. The summed E-state index contributed by atoms with van der Waals surface area (Å²) in [5.41, 5.74) is 1.01. The Balaban J connectivity index is 1.97. The summed E-state index contributed by atoms with van der Waals surface area (Å²) < 4.78 is 5.18. The van der Waals surface area contributed by atoms with E-state index in [-0.39, 0.29) is 0 Å². The van der Waals surface area contributed by atoms with E-state index < -0.39 is 0 Å². The minimum absolute atomic E-state index is 0.537. The number of hydrogen-bond acceptors (Lipinski definition) is 4. The van der Waals surface area contributed by atoms with Crippen LogP contribution in [-0.4, -0.2) is 23.2 Å². The van der Waals surface area contributed by atoms with E-state index in [4.69, 9.17) is 27.7 Å². The summed E-state index contributed by atoms with van der Waals surface area (Å²) in [6.45, 7) is 3.83. The third-order valence-electron chi connectivity index (χ3n) is 2.62. The van der Waals surface area contributed by atoms with Crippen LogP contribution in [0.5, 0.6) is 0 Å². The summed E-state index contributed by atoms with van der Waals surface area (Å²) in [6, 6.07) is 5.49. The largest absolute Gasteiger partial charge is 0.339 e. The Morgan fingerprint density at radius 3 is 2.84 bits per heavy atom. The molecule has 0 saturated carbocycles.